The predicted octanol–water partition coefficient (Wildman–Crippen LogP) is 17.9. The van der Waals surface area contributed by atoms with Crippen LogP contribution >= 0.6 is 68.0 Å². The van der Waals surface area contributed by atoms with Gasteiger partial charge in [-0.15, -0.1) is 68.0 Å². The SMILES string of the molecule is CO[Si](OC)(OC)O[Si](C)(C)CCCc1cc(C)c(-c2ccc(-c3ccc(-c4ccc(OC[C@@H](C)Oc5ccc(-c6ccc(-c7ccc(-c8sc(CCC[Si](C)(C)O[Si](OC)(OC)OC)cc8C)s7)s6)cc5F)c(F)c4)s3)s2)s1. The number of benzene rings is 2. The summed E-state index contributed by atoms with van der Waals surface area (Å²) in [7, 11) is -0.930. The molecule has 0 aliphatic rings. The number of thiophene rings is 6. The van der Waals surface area contributed by atoms with Gasteiger partial charge in [0.15, 0.2) is 39.8 Å². The Bertz CT molecular complexity index is 3260. The molecule has 79 heavy (non-hydrogen) atoms. The Hall–Kier alpha value is -3.35. The largest absolute Gasteiger partial charge is 0.668 e. The van der Waals surface area contributed by atoms with Gasteiger partial charge in [-0.2, -0.15) is 0 Å². The minimum Gasteiger partial charge on any atom is -0.487 e. The first-order valence-corrected chi connectivity index (χ1v) is 40.3. The predicted molar refractivity (Wildman–Crippen MR) is 335 cm³/mol. The quantitative estimate of drug-likeness (QED) is 0.0422. The fourth-order valence-corrected chi connectivity index (χ4v) is 27.4. The van der Waals surface area contributed by atoms with Crippen molar-refractivity contribution >= 4 is 103 Å². The molecule has 8 aromatic rings. The van der Waals surface area contributed by atoms with Crippen LogP contribution in [0.4, 0.5) is 8.78 Å². The average molecular weight is 1260 g/mol. The molecule has 2 aromatic carbocycles. The van der Waals surface area contributed by atoms with Gasteiger partial charge in [0.25, 0.3) is 0 Å². The van der Waals surface area contributed by atoms with Gasteiger partial charge < -0.3 is 44.3 Å². The summed E-state index contributed by atoms with van der Waals surface area (Å²) in [5.74, 6) is -0.729. The van der Waals surface area contributed by atoms with Crippen molar-refractivity contribution in [1.82, 2.24) is 0 Å². The van der Waals surface area contributed by atoms with E-state index in [-0.39, 0.29) is 18.1 Å². The van der Waals surface area contributed by atoms with E-state index in [9.17, 15) is 0 Å². The van der Waals surface area contributed by atoms with Crippen molar-refractivity contribution in [3.63, 3.8) is 0 Å². The Labute approximate surface area is 493 Å². The average Bonchev–Trinajstić information content (AvgIpc) is 4.31. The lowest BCUT2D eigenvalue weighted by molar-refractivity contribution is 0.0469. The molecule has 6 aromatic heterocycles. The Morgan fingerprint density at radius 1 is 0.443 bits per heavy atom. The second kappa shape index (κ2) is 26.9. The van der Waals surface area contributed by atoms with Crippen molar-refractivity contribution in [2.24, 2.45) is 0 Å². The summed E-state index contributed by atoms with van der Waals surface area (Å²) in [6, 6.07) is 33.6. The van der Waals surface area contributed by atoms with Crippen molar-refractivity contribution in [2.45, 2.75) is 90.8 Å². The number of ether oxygens (including phenoxy) is 2. The highest BCUT2D eigenvalue weighted by Crippen LogP contribution is 2.46. The van der Waals surface area contributed by atoms with Gasteiger partial charge in [0, 0.05) is 101 Å². The van der Waals surface area contributed by atoms with Crippen molar-refractivity contribution in [2.75, 3.05) is 49.3 Å². The minimum absolute atomic E-state index is 0.0297. The van der Waals surface area contributed by atoms with E-state index in [1.165, 1.54) is 62.3 Å². The highest BCUT2D eigenvalue weighted by atomic mass is 32.1. The van der Waals surface area contributed by atoms with E-state index in [0.717, 1.165) is 68.4 Å². The maximum absolute atomic E-state index is 15.6. The lowest BCUT2D eigenvalue weighted by Crippen LogP contribution is -2.54. The third-order valence-corrected chi connectivity index (χ3v) is 33.6. The molecule has 0 saturated carbocycles. The molecule has 0 N–H and O–H groups in total. The highest BCUT2D eigenvalue weighted by molar-refractivity contribution is 7.28. The molecule has 0 saturated heterocycles. The molecule has 0 fully saturated rings. The molecule has 0 aliphatic carbocycles. The molecular formula is C57H70F2O10S6Si4. The van der Waals surface area contributed by atoms with Crippen molar-refractivity contribution in [1.29, 1.82) is 0 Å². The van der Waals surface area contributed by atoms with Crippen LogP contribution in [0, 0.1) is 25.5 Å². The van der Waals surface area contributed by atoms with Gasteiger partial charge in [-0.1, -0.05) is 0 Å². The first kappa shape index (κ1) is 61.7. The third kappa shape index (κ3) is 15.5. The van der Waals surface area contributed by atoms with E-state index in [4.69, 9.17) is 44.3 Å². The maximum atomic E-state index is 15.6. The van der Waals surface area contributed by atoms with E-state index in [2.05, 4.69) is 88.6 Å². The highest BCUT2D eigenvalue weighted by Gasteiger charge is 2.48. The molecular weight excluding hydrogens is 1190 g/mol. The Morgan fingerprint density at radius 3 is 1.18 bits per heavy atom. The fraction of sp³-hybridized carbons (Fsp3) is 0.368. The Morgan fingerprint density at radius 2 is 0.797 bits per heavy atom. The van der Waals surface area contributed by atoms with Crippen LogP contribution in [0.2, 0.25) is 38.3 Å². The van der Waals surface area contributed by atoms with Gasteiger partial charge in [-0.3, -0.25) is 0 Å². The van der Waals surface area contributed by atoms with E-state index in [1.807, 2.05) is 46.9 Å². The summed E-state index contributed by atoms with van der Waals surface area (Å²) in [5, 5.41) is 0. The minimum atomic E-state index is -3.09. The summed E-state index contributed by atoms with van der Waals surface area (Å²) < 4.78 is 88.9. The summed E-state index contributed by atoms with van der Waals surface area (Å²) in [5.41, 5.74) is 4.08. The Balaban J connectivity index is 0.808. The smallest absolute Gasteiger partial charge is 0.487 e. The second-order valence-corrected chi connectivity index (χ2v) is 41.0. The lowest BCUT2D eigenvalue weighted by atomic mass is 10.1. The Kier molecular flexibility index (Phi) is 21.0. The first-order chi connectivity index (χ1) is 37.7. The number of hydrogen-bond donors (Lipinski definition) is 0. The molecule has 10 nitrogen and oxygen atoms in total. The van der Waals surface area contributed by atoms with Gasteiger partial charge in [0.05, 0.1) is 0 Å². The van der Waals surface area contributed by atoms with E-state index in [0.29, 0.717) is 0 Å². The standard InChI is InChI=1S/C57H70F2O10S6Si4/c1-37-32-42(16-14-30-76(10,11)68-78(60-4,61-5)62-6)70-56(37)54-28-26-52(74-54)50-24-22-48(72-50)40-18-20-46(44(58)34-40)66-36-39(3)67-47-21-19-41(35-45(47)59)49-23-25-51(73-49)53-27-29-55(75-53)57-38(2)33-43(71-57)17-15-31-77(12,13)69-79(63-7,64-8)65-9/h18-29,32-35,39H,14-17,30-31,36H2,1-13H3/t39-/m1/s1. The molecule has 0 unspecified atom stereocenters. The normalized spacial score (nSPS) is 12.9. The van der Waals surface area contributed by atoms with Gasteiger partial charge in [0.2, 0.25) is 0 Å². The third-order valence-electron chi connectivity index (χ3n) is 13.2. The van der Waals surface area contributed by atoms with Crippen LogP contribution < -0.4 is 9.47 Å². The second-order valence-electron chi connectivity index (χ2n) is 20.3. The van der Waals surface area contributed by atoms with Crippen LogP contribution in [-0.4, -0.2) is 90.1 Å². The lowest BCUT2D eigenvalue weighted by Gasteiger charge is -2.32. The number of rotatable bonds is 29. The zero-order valence-corrected chi connectivity index (χ0v) is 56.0. The van der Waals surface area contributed by atoms with Gasteiger partial charge in [0.1, 0.15) is 12.7 Å². The van der Waals surface area contributed by atoms with Gasteiger partial charge in [-0.05, 0) is 204 Å². The van der Waals surface area contributed by atoms with Gasteiger partial charge >= 0.3 is 18.1 Å². The molecule has 0 amide bonds. The summed E-state index contributed by atoms with van der Waals surface area (Å²) in [4.78, 5) is 14.3. The molecule has 0 spiro atoms. The molecule has 22 heteroatoms. The van der Waals surface area contributed by atoms with Crippen molar-refractivity contribution in [3.05, 3.63) is 130 Å². The molecule has 0 aliphatic heterocycles. The van der Waals surface area contributed by atoms with Crippen LogP contribution in [0.15, 0.2) is 97.1 Å². The maximum Gasteiger partial charge on any atom is 0.668 e. The molecule has 6 heterocycles. The van der Waals surface area contributed by atoms with Crippen LogP contribution in [0.5, 0.6) is 11.5 Å². The van der Waals surface area contributed by atoms with E-state index in [1.54, 1.807) is 107 Å². The summed E-state index contributed by atoms with van der Waals surface area (Å²) in [6.45, 7) is 14.9. The fourth-order valence-electron chi connectivity index (χ4n) is 9.15. The number of hydrogen-bond acceptors (Lipinski definition) is 16. The molecule has 0 bridgehead atoms. The van der Waals surface area contributed by atoms with E-state index < -0.39 is 52.5 Å². The monoisotopic (exact) mass is 1260 g/mol. The zero-order valence-electron chi connectivity index (χ0n) is 47.1. The molecule has 1 atom stereocenters. The van der Waals surface area contributed by atoms with E-state index >= 15 is 8.78 Å². The first-order valence-electron chi connectivity index (χ1n) is 25.9. The topological polar surface area (TPSA) is 92.3 Å². The summed E-state index contributed by atoms with van der Waals surface area (Å²) in [6.07, 6.45) is 3.41. The molecule has 0 radical (unpaired) electrons. The van der Waals surface area contributed by atoms with Crippen LogP contribution in [-0.2, 0) is 47.6 Å². The van der Waals surface area contributed by atoms with Crippen molar-refractivity contribution in [3.8, 4) is 71.4 Å². The van der Waals surface area contributed by atoms with Crippen LogP contribution in [0.25, 0.3) is 59.9 Å². The van der Waals surface area contributed by atoms with Crippen molar-refractivity contribution < 1.29 is 53.0 Å². The molecule has 8 rings (SSSR count). The zero-order chi connectivity index (χ0) is 56.7. The number of aryl methyl sites for hydroxylation is 4. The van der Waals surface area contributed by atoms with Gasteiger partial charge in [-0.25, -0.2) is 8.78 Å². The molecule has 424 valence electrons. The van der Waals surface area contributed by atoms with Crippen LogP contribution in [0.3, 0.4) is 0 Å². The van der Waals surface area contributed by atoms with Crippen LogP contribution in [0.1, 0.15) is 40.6 Å². The number of halogens is 2. The summed E-state index contributed by atoms with van der Waals surface area (Å²) >= 11 is 10.5.